The summed E-state index contributed by atoms with van der Waals surface area (Å²) in [6.07, 6.45) is -5.30. The molecule has 206 valence electrons. The zero-order valence-corrected chi connectivity index (χ0v) is 21.8. The molecule has 2 heterocycles. The van der Waals surface area contributed by atoms with Crippen LogP contribution in [0.5, 0.6) is 5.75 Å². The topological polar surface area (TPSA) is 103 Å². The van der Waals surface area contributed by atoms with Gasteiger partial charge < -0.3 is 19.9 Å². The molecule has 2 aliphatic heterocycles. The number of nitriles is 1. The van der Waals surface area contributed by atoms with Crippen molar-refractivity contribution in [2.45, 2.75) is 56.9 Å². The molecule has 1 fully saturated rings. The fourth-order valence-electron chi connectivity index (χ4n) is 5.40. The van der Waals surface area contributed by atoms with Gasteiger partial charge in [0.05, 0.1) is 18.6 Å². The van der Waals surface area contributed by atoms with Crippen molar-refractivity contribution >= 4 is 23.4 Å². The third kappa shape index (κ3) is 5.28. The average molecular weight is 543 g/mol. The molecule has 0 bridgehead atoms. The standard InChI is InChI=1S/C28H29F3N4O4/c1-17(2)12-23(34(26(38)28(29,30)31)15-18-8-10-20(39-3)11-9-18)24(36)35-16-27(13-19(35)14-32)21-6-4-5-7-22(21)33-25(27)37/h4-11,17,19,23H,12-13,15-16H2,1-3H3,(H,33,37)/t19?,23-,27-/m0/s1. The minimum atomic E-state index is -5.23. The highest BCUT2D eigenvalue weighted by atomic mass is 19.4. The Bertz CT molecular complexity index is 1310. The first kappa shape index (κ1) is 28.0. The second kappa shape index (κ2) is 10.6. The maximum Gasteiger partial charge on any atom is 0.471 e. The second-order valence-corrected chi connectivity index (χ2v) is 10.3. The molecule has 39 heavy (non-hydrogen) atoms. The molecule has 2 aromatic carbocycles. The lowest BCUT2D eigenvalue weighted by atomic mass is 9.80. The lowest BCUT2D eigenvalue weighted by Gasteiger charge is -2.36. The number of nitrogens with one attached hydrogen (secondary N) is 1. The van der Waals surface area contributed by atoms with Gasteiger partial charge in [0.15, 0.2) is 0 Å². The number of ether oxygens (including phenoxy) is 1. The van der Waals surface area contributed by atoms with Gasteiger partial charge in [0, 0.05) is 25.2 Å². The summed E-state index contributed by atoms with van der Waals surface area (Å²) >= 11 is 0. The van der Waals surface area contributed by atoms with Crippen LogP contribution < -0.4 is 10.1 Å². The van der Waals surface area contributed by atoms with E-state index in [-0.39, 0.29) is 31.2 Å². The van der Waals surface area contributed by atoms with Crippen LogP contribution in [0, 0.1) is 17.2 Å². The van der Waals surface area contributed by atoms with Crippen LogP contribution in [0.25, 0.3) is 0 Å². The smallest absolute Gasteiger partial charge is 0.471 e. The Morgan fingerprint density at radius 2 is 1.87 bits per heavy atom. The highest BCUT2D eigenvalue weighted by Gasteiger charge is 2.57. The fourth-order valence-corrected chi connectivity index (χ4v) is 5.40. The number of fused-ring (bicyclic) bond motifs is 2. The largest absolute Gasteiger partial charge is 0.497 e. The first-order valence-electron chi connectivity index (χ1n) is 12.5. The van der Waals surface area contributed by atoms with Crippen LogP contribution in [0.1, 0.15) is 37.8 Å². The fraction of sp³-hybridized carbons (Fsp3) is 0.429. The Hall–Kier alpha value is -4.07. The summed E-state index contributed by atoms with van der Waals surface area (Å²) in [5.41, 5.74) is 0.367. The summed E-state index contributed by atoms with van der Waals surface area (Å²) in [7, 11) is 1.45. The number of para-hydroxylation sites is 1. The molecule has 4 rings (SSSR count). The van der Waals surface area contributed by atoms with Gasteiger partial charge in [0.2, 0.25) is 11.8 Å². The predicted molar refractivity (Wildman–Crippen MR) is 135 cm³/mol. The molecule has 0 radical (unpaired) electrons. The number of carbonyl (C=O) groups excluding carboxylic acids is 3. The van der Waals surface area contributed by atoms with Crippen molar-refractivity contribution in [2.75, 3.05) is 19.0 Å². The molecule has 2 aliphatic rings. The minimum Gasteiger partial charge on any atom is -0.497 e. The zero-order chi connectivity index (χ0) is 28.5. The van der Waals surface area contributed by atoms with Gasteiger partial charge in [0.25, 0.3) is 0 Å². The van der Waals surface area contributed by atoms with E-state index < -0.39 is 42.0 Å². The van der Waals surface area contributed by atoms with E-state index in [1.54, 1.807) is 50.2 Å². The van der Waals surface area contributed by atoms with Gasteiger partial charge in [0.1, 0.15) is 17.8 Å². The molecule has 1 unspecified atom stereocenters. The van der Waals surface area contributed by atoms with Crippen molar-refractivity contribution < 1.29 is 32.3 Å². The van der Waals surface area contributed by atoms with Crippen LogP contribution in [0.4, 0.5) is 18.9 Å². The zero-order valence-electron chi connectivity index (χ0n) is 21.8. The maximum atomic E-state index is 14.0. The Balaban J connectivity index is 1.72. The van der Waals surface area contributed by atoms with Crippen LogP contribution in [0.3, 0.4) is 0 Å². The number of hydrogen-bond donors (Lipinski definition) is 1. The number of anilines is 1. The van der Waals surface area contributed by atoms with Gasteiger partial charge in [-0.2, -0.15) is 18.4 Å². The van der Waals surface area contributed by atoms with Gasteiger partial charge >= 0.3 is 12.1 Å². The first-order chi connectivity index (χ1) is 18.4. The van der Waals surface area contributed by atoms with Crippen molar-refractivity contribution in [1.29, 1.82) is 5.26 Å². The summed E-state index contributed by atoms with van der Waals surface area (Å²) in [5.74, 6) is -3.09. The van der Waals surface area contributed by atoms with Crippen molar-refractivity contribution in [3.05, 3.63) is 59.7 Å². The van der Waals surface area contributed by atoms with Crippen molar-refractivity contribution in [1.82, 2.24) is 9.80 Å². The normalized spacial score (nSPS) is 20.9. The van der Waals surface area contributed by atoms with E-state index in [4.69, 9.17) is 4.74 Å². The maximum absolute atomic E-state index is 14.0. The highest BCUT2D eigenvalue weighted by molar-refractivity contribution is 6.07. The number of hydrogen-bond acceptors (Lipinski definition) is 5. The number of rotatable bonds is 7. The number of nitrogens with zero attached hydrogens (tertiary/aromatic N) is 3. The van der Waals surface area contributed by atoms with E-state index in [1.807, 2.05) is 0 Å². The SMILES string of the molecule is COc1ccc(CN(C(=O)C(F)(F)F)[C@@H](CC(C)C)C(=O)N2C[C@]3(CC2C#N)C(=O)Nc2ccccc23)cc1. The molecule has 0 aliphatic carbocycles. The Morgan fingerprint density at radius 1 is 1.21 bits per heavy atom. The van der Waals surface area contributed by atoms with Crippen LogP contribution in [0.15, 0.2) is 48.5 Å². The number of alkyl halides is 3. The summed E-state index contributed by atoms with van der Waals surface area (Å²) < 4.78 is 46.6. The van der Waals surface area contributed by atoms with Crippen molar-refractivity contribution in [2.24, 2.45) is 5.92 Å². The van der Waals surface area contributed by atoms with Crippen LogP contribution in [-0.4, -0.2) is 59.4 Å². The van der Waals surface area contributed by atoms with Crippen molar-refractivity contribution in [3.8, 4) is 11.8 Å². The molecule has 11 heteroatoms. The third-order valence-corrected chi connectivity index (χ3v) is 7.29. The predicted octanol–water partition coefficient (Wildman–Crippen LogP) is 4.02. The van der Waals surface area contributed by atoms with Gasteiger partial charge in [-0.3, -0.25) is 14.4 Å². The first-order valence-corrected chi connectivity index (χ1v) is 12.5. The molecule has 1 spiro atoms. The monoisotopic (exact) mass is 542 g/mol. The van der Waals surface area contributed by atoms with Gasteiger partial charge in [-0.1, -0.05) is 44.2 Å². The number of methoxy groups -OCH3 is 1. The summed E-state index contributed by atoms with van der Waals surface area (Å²) in [5, 5.41) is 12.7. The van der Waals surface area contributed by atoms with E-state index in [1.165, 1.54) is 24.1 Å². The van der Waals surface area contributed by atoms with Gasteiger partial charge in [-0.15, -0.1) is 0 Å². The lowest BCUT2D eigenvalue weighted by molar-refractivity contribution is -0.190. The van der Waals surface area contributed by atoms with Gasteiger partial charge in [-0.25, -0.2) is 0 Å². The van der Waals surface area contributed by atoms with E-state index in [0.29, 0.717) is 27.5 Å². The van der Waals surface area contributed by atoms with Crippen molar-refractivity contribution in [3.63, 3.8) is 0 Å². The molecule has 2 aromatic rings. The van der Waals surface area contributed by atoms with Crippen LogP contribution in [0.2, 0.25) is 0 Å². The van der Waals surface area contributed by atoms with E-state index >= 15 is 0 Å². The lowest BCUT2D eigenvalue weighted by Crippen LogP contribution is -2.55. The van der Waals surface area contributed by atoms with E-state index in [9.17, 15) is 32.8 Å². The second-order valence-electron chi connectivity index (χ2n) is 10.3. The number of amides is 3. The molecule has 3 amide bonds. The quantitative estimate of drug-likeness (QED) is 0.570. The minimum absolute atomic E-state index is 0.00180. The Morgan fingerprint density at radius 3 is 2.46 bits per heavy atom. The molecular formula is C28H29F3N4O4. The molecule has 0 saturated carbocycles. The average Bonchev–Trinajstić information content (AvgIpc) is 3.43. The van der Waals surface area contributed by atoms with E-state index in [2.05, 4.69) is 11.4 Å². The Labute approximate surface area is 224 Å². The molecule has 1 N–H and O–H groups in total. The highest BCUT2D eigenvalue weighted by Crippen LogP contribution is 2.46. The number of likely N-dealkylation sites (tertiary alicyclic amines) is 1. The van der Waals surface area contributed by atoms with E-state index in [0.717, 1.165) is 0 Å². The summed E-state index contributed by atoms with van der Waals surface area (Å²) in [6, 6.07) is 12.6. The summed E-state index contributed by atoms with van der Waals surface area (Å²) in [4.78, 5) is 41.6. The van der Waals surface area contributed by atoms with Crippen LogP contribution in [-0.2, 0) is 26.3 Å². The third-order valence-electron chi connectivity index (χ3n) is 7.29. The molecule has 1 saturated heterocycles. The van der Waals surface area contributed by atoms with Gasteiger partial charge in [-0.05, 0) is 41.7 Å². The Kier molecular flexibility index (Phi) is 7.59. The summed E-state index contributed by atoms with van der Waals surface area (Å²) in [6.45, 7) is 2.80. The molecular weight excluding hydrogens is 513 g/mol. The molecule has 8 nitrogen and oxygen atoms in total. The van der Waals surface area contributed by atoms with Crippen LogP contribution >= 0.6 is 0 Å². The molecule has 0 aromatic heterocycles. The number of benzene rings is 2. The number of carbonyl (C=O) groups is 3. The number of halogens is 3. The molecule has 3 atom stereocenters.